The molecule has 21 heavy (non-hydrogen) atoms. The van der Waals surface area contributed by atoms with Gasteiger partial charge in [0.15, 0.2) is 0 Å². The maximum absolute atomic E-state index is 11.7. The van der Waals surface area contributed by atoms with E-state index in [1.165, 1.54) is 7.11 Å². The van der Waals surface area contributed by atoms with E-state index in [1.54, 1.807) is 6.92 Å². The molecule has 8 nitrogen and oxygen atoms in total. The Balaban J connectivity index is 2.33. The van der Waals surface area contributed by atoms with Gasteiger partial charge in [-0.3, -0.25) is 9.59 Å². The summed E-state index contributed by atoms with van der Waals surface area (Å²) in [6, 6.07) is -0.956. The maximum atomic E-state index is 11.7. The summed E-state index contributed by atoms with van der Waals surface area (Å²) in [5, 5.41) is 16.9. The monoisotopic (exact) mass is 301 g/mol. The zero-order valence-electron chi connectivity index (χ0n) is 12.4. The van der Waals surface area contributed by atoms with Gasteiger partial charge >= 0.3 is 12.0 Å². The van der Waals surface area contributed by atoms with Crippen LogP contribution in [0.25, 0.3) is 0 Å². The third kappa shape index (κ3) is 4.89. The molecule has 1 aliphatic rings. The van der Waals surface area contributed by atoms with Crippen molar-refractivity contribution in [2.75, 3.05) is 26.8 Å². The van der Waals surface area contributed by atoms with Crippen LogP contribution in [0.4, 0.5) is 4.79 Å². The standard InChI is InChI=1S/C13H23N3O5/c1-13(11(18)19)5-3-4-9(13)16-12(20)15-8-10(17)14-6-7-21-2/h9H,3-8H2,1-2H3,(H,14,17)(H,18,19)(H2,15,16,20). The van der Waals surface area contributed by atoms with E-state index in [-0.39, 0.29) is 12.5 Å². The van der Waals surface area contributed by atoms with E-state index in [0.717, 1.165) is 6.42 Å². The summed E-state index contributed by atoms with van der Waals surface area (Å²) in [5.74, 6) is -1.24. The Morgan fingerprint density at radius 1 is 1.33 bits per heavy atom. The van der Waals surface area contributed by atoms with E-state index in [1.807, 2.05) is 0 Å². The molecule has 4 N–H and O–H groups in total. The van der Waals surface area contributed by atoms with E-state index in [0.29, 0.717) is 26.0 Å². The number of amides is 3. The van der Waals surface area contributed by atoms with E-state index in [2.05, 4.69) is 16.0 Å². The number of urea groups is 1. The predicted molar refractivity (Wildman–Crippen MR) is 74.8 cm³/mol. The largest absolute Gasteiger partial charge is 0.481 e. The minimum atomic E-state index is -0.946. The number of aliphatic carboxylic acids is 1. The molecule has 1 fully saturated rings. The first-order chi connectivity index (χ1) is 9.90. The summed E-state index contributed by atoms with van der Waals surface area (Å²) in [6.45, 7) is 2.24. The van der Waals surface area contributed by atoms with Crippen molar-refractivity contribution in [2.24, 2.45) is 5.41 Å². The first-order valence-electron chi connectivity index (χ1n) is 6.93. The zero-order chi connectivity index (χ0) is 15.9. The molecule has 3 amide bonds. The predicted octanol–water partition coefficient (Wildman–Crippen LogP) is -0.308. The third-order valence-electron chi connectivity index (χ3n) is 3.79. The molecule has 0 aromatic heterocycles. The number of carbonyl (C=O) groups excluding carboxylic acids is 2. The van der Waals surface area contributed by atoms with Crippen LogP contribution in [0.3, 0.4) is 0 Å². The lowest BCUT2D eigenvalue weighted by Crippen LogP contribution is -2.51. The number of carbonyl (C=O) groups is 3. The van der Waals surface area contributed by atoms with Gasteiger partial charge in [-0.05, 0) is 19.8 Å². The lowest BCUT2D eigenvalue weighted by atomic mass is 9.85. The number of ether oxygens (including phenoxy) is 1. The second-order valence-electron chi connectivity index (χ2n) is 5.34. The third-order valence-corrected chi connectivity index (χ3v) is 3.79. The molecule has 0 aliphatic heterocycles. The molecule has 0 aromatic rings. The lowest BCUT2D eigenvalue weighted by molar-refractivity contribution is -0.148. The molecule has 0 heterocycles. The molecule has 0 spiro atoms. The van der Waals surface area contributed by atoms with Crippen LogP contribution in [0, 0.1) is 5.41 Å². The number of hydrogen-bond acceptors (Lipinski definition) is 4. The summed E-state index contributed by atoms with van der Waals surface area (Å²) >= 11 is 0. The summed E-state index contributed by atoms with van der Waals surface area (Å²) in [5.41, 5.74) is -0.946. The quantitative estimate of drug-likeness (QED) is 0.481. The van der Waals surface area contributed by atoms with Gasteiger partial charge in [0.05, 0.1) is 18.6 Å². The minimum absolute atomic E-state index is 0.161. The first-order valence-corrected chi connectivity index (χ1v) is 6.93. The second kappa shape index (κ2) is 7.82. The second-order valence-corrected chi connectivity index (χ2v) is 5.34. The van der Waals surface area contributed by atoms with Crippen LogP contribution in [0.1, 0.15) is 26.2 Å². The lowest BCUT2D eigenvalue weighted by Gasteiger charge is -2.27. The Kier molecular flexibility index (Phi) is 6.41. The smallest absolute Gasteiger partial charge is 0.315 e. The number of carboxylic acid groups (broad SMARTS) is 1. The van der Waals surface area contributed by atoms with Gasteiger partial charge in [-0.15, -0.1) is 0 Å². The number of hydrogen-bond donors (Lipinski definition) is 4. The average molecular weight is 301 g/mol. The molecule has 2 atom stereocenters. The normalized spacial score (nSPS) is 24.4. The molecule has 120 valence electrons. The molecule has 1 aliphatic carbocycles. The fourth-order valence-corrected chi connectivity index (χ4v) is 2.38. The van der Waals surface area contributed by atoms with Gasteiger partial charge in [0, 0.05) is 19.7 Å². The Hall–Kier alpha value is -1.83. The molecular formula is C13H23N3O5. The molecule has 0 aromatic carbocycles. The summed E-state index contributed by atoms with van der Waals surface area (Å²) in [4.78, 5) is 34.4. The van der Waals surface area contributed by atoms with Gasteiger partial charge in [0.25, 0.3) is 0 Å². The van der Waals surface area contributed by atoms with Gasteiger partial charge in [-0.25, -0.2) is 4.79 Å². The van der Waals surface area contributed by atoms with Crippen LogP contribution >= 0.6 is 0 Å². The number of methoxy groups -OCH3 is 1. The van der Waals surface area contributed by atoms with E-state index in [4.69, 9.17) is 4.74 Å². The maximum Gasteiger partial charge on any atom is 0.315 e. The van der Waals surface area contributed by atoms with Crippen molar-refractivity contribution in [2.45, 2.75) is 32.2 Å². The fraction of sp³-hybridized carbons (Fsp3) is 0.769. The Bertz CT molecular complexity index is 401. The van der Waals surface area contributed by atoms with E-state index >= 15 is 0 Å². The van der Waals surface area contributed by atoms with E-state index < -0.39 is 23.5 Å². The van der Waals surface area contributed by atoms with Crippen molar-refractivity contribution in [3.05, 3.63) is 0 Å². The zero-order valence-corrected chi connectivity index (χ0v) is 12.4. The van der Waals surface area contributed by atoms with Gasteiger partial charge < -0.3 is 25.8 Å². The van der Waals surface area contributed by atoms with Crippen molar-refractivity contribution in [3.8, 4) is 0 Å². The highest BCUT2D eigenvalue weighted by Gasteiger charge is 2.45. The average Bonchev–Trinajstić information content (AvgIpc) is 2.79. The number of nitrogens with one attached hydrogen (secondary N) is 3. The van der Waals surface area contributed by atoms with Crippen LogP contribution in [0.2, 0.25) is 0 Å². The van der Waals surface area contributed by atoms with Gasteiger partial charge in [-0.1, -0.05) is 6.42 Å². The van der Waals surface area contributed by atoms with Gasteiger partial charge in [0.2, 0.25) is 5.91 Å². The molecule has 0 bridgehead atoms. The molecule has 0 saturated heterocycles. The van der Waals surface area contributed by atoms with Gasteiger partial charge in [-0.2, -0.15) is 0 Å². The van der Waals surface area contributed by atoms with Crippen LogP contribution in [0.5, 0.6) is 0 Å². The van der Waals surface area contributed by atoms with Crippen molar-refractivity contribution in [1.82, 2.24) is 16.0 Å². The van der Waals surface area contributed by atoms with Crippen LogP contribution in [-0.4, -0.2) is 55.9 Å². The number of rotatable bonds is 7. The molecule has 8 heteroatoms. The molecule has 1 rings (SSSR count). The molecule has 2 unspecified atom stereocenters. The van der Waals surface area contributed by atoms with Crippen molar-refractivity contribution < 1.29 is 24.2 Å². The highest BCUT2D eigenvalue weighted by Crippen LogP contribution is 2.38. The summed E-state index contributed by atoms with van der Waals surface area (Å²) in [6.07, 6.45) is 1.91. The van der Waals surface area contributed by atoms with Crippen LogP contribution in [-0.2, 0) is 14.3 Å². The fourth-order valence-electron chi connectivity index (χ4n) is 2.38. The van der Waals surface area contributed by atoms with E-state index in [9.17, 15) is 19.5 Å². The molecule has 1 saturated carbocycles. The summed E-state index contributed by atoms with van der Waals surface area (Å²) in [7, 11) is 1.53. The summed E-state index contributed by atoms with van der Waals surface area (Å²) < 4.78 is 4.78. The first kappa shape index (κ1) is 17.2. The molecule has 0 radical (unpaired) electrons. The highest BCUT2D eigenvalue weighted by atomic mass is 16.5. The number of carboxylic acids is 1. The van der Waals surface area contributed by atoms with Crippen LogP contribution < -0.4 is 16.0 Å². The Labute approximate surface area is 123 Å². The van der Waals surface area contributed by atoms with Crippen molar-refractivity contribution in [1.29, 1.82) is 0 Å². The van der Waals surface area contributed by atoms with Crippen LogP contribution in [0.15, 0.2) is 0 Å². The molecular weight excluding hydrogens is 278 g/mol. The highest BCUT2D eigenvalue weighted by molar-refractivity contribution is 5.84. The van der Waals surface area contributed by atoms with Crippen molar-refractivity contribution >= 4 is 17.9 Å². The van der Waals surface area contributed by atoms with Gasteiger partial charge in [0.1, 0.15) is 0 Å². The van der Waals surface area contributed by atoms with Crippen molar-refractivity contribution in [3.63, 3.8) is 0 Å². The Morgan fingerprint density at radius 3 is 2.67 bits per heavy atom. The minimum Gasteiger partial charge on any atom is -0.481 e. The Morgan fingerprint density at radius 2 is 2.05 bits per heavy atom. The topological polar surface area (TPSA) is 117 Å². The SMILES string of the molecule is COCCNC(=O)CNC(=O)NC1CCCC1(C)C(=O)O.